The molecule has 3 nitrogen and oxygen atoms in total. The van der Waals surface area contributed by atoms with Crippen LogP contribution in [0.25, 0.3) is 93.6 Å². The molecule has 61 heavy (non-hydrogen) atoms. The SMILES string of the molecule is c1ccc(-c2ccc(N(c3ccccc3-c3ccc4c5ccccc5n(-c5ccccc5)c4c3)c3ccccc3-c3cccc4oc5c6ccccc6ccc5c34)cc2)cc1. The predicted molar refractivity (Wildman–Crippen MR) is 257 cm³/mol. The van der Waals surface area contributed by atoms with E-state index in [1.165, 1.54) is 38.3 Å². The molecule has 0 amide bonds. The van der Waals surface area contributed by atoms with Gasteiger partial charge in [0.2, 0.25) is 0 Å². The van der Waals surface area contributed by atoms with E-state index in [-0.39, 0.29) is 0 Å². The van der Waals surface area contributed by atoms with Crippen molar-refractivity contribution < 1.29 is 4.42 Å². The molecule has 286 valence electrons. The van der Waals surface area contributed by atoms with Crippen molar-refractivity contribution in [3.05, 3.63) is 231 Å². The first-order chi connectivity index (χ1) is 30.3. The summed E-state index contributed by atoms with van der Waals surface area (Å²) >= 11 is 0. The Morgan fingerprint density at radius 3 is 1.77 bits per heavy atom. The van der Waals surface area contributed by atoms with Gasteiger partial charge in [0.15, 0.2) is 0 Å². The normalized spacial score (nSPS) is 11.6. The minimum absolute atomic E-state index is 0.875. The maximum Gasteiger partial charge on any atom is 0.143 e. The van der Waals surface area contributed by atoms with Crippen LogP contribution in [0.3, 0.4) is 0 Å². The Morgan fingerprint density at radius 1 is 0.361 bits per heavy atom. The van der Waals surface area contributed by atoms with E-state index in [0.717, 1.165) is 72.3 Å². The molecular weight excluding hydrogens is 741 g/mol. The van der Waals surface area contributed by atoms with Gasteiger partial charge in [0.05, 0.1) is 22.4 Å². The molecule has 0 radical (unpaired) electrons. The average Bonchev–Trinajstić information content (AvgIpc) is 3.89. The van der Waals surface area contributed by atoms with Crippen LogP contribution in [-0.4, -0.2) is 4.57 Å². The molecule has 3 heteroatoms. The Kier molecular flexibility index (Phi) is 8.17. The first-order valence-electron chi connectivity index (χ1n) is 20.8. The molecular formula is C58H38N2O. The Bertz CT molecular complexity index is 3580. The van der Waals surface area contributed by atoms with Gasteiger partial charge in [-0.25, -0.2) is 0 Å². The van der Waals surface area contributed by atoms with E-state index in [4.69, 9.17) is 4.42 Å². The smallest absolute Gasteiger partial charge is 0.143 e. The predicted octanol–water partition coefficient (Wildman–Crippen LogP) is 16.3. The molecule has 12 aromatic rings. The van der Waals surface area contributed by atoms with Crippen LogP contribution in [-0.2, 0) is 0 Å². The highest BCUT2D eigenvalue weighted by Crippen LogP contribution is 2.48. The maximum atomic E-state index is 6.71. The number of rotatable bonds is 7. The van der Waals surface area contributed by atoms with Crippen molar-refractivity contribution in [3.63, 3.8) is 0 Å². The standard InChI is InChI=1S/C58H38N2O/c1-3-16-39(17-4-1)40-30-34-44(35-31-40)59(54-28-14-11-24-48(54)50-25-15-29-56-57(50)51-37-32-41-18-7-8-22-46(41)58(51)61-56)52-26-12-9-21-45(52)42-33-36-49-47-23-10-13-27-53(47)60(55(49)38-42)43-19-5-2-6-20-43/h1-38H. The summed E-state index contributed by atoms with van der Waals surface area (Å²) in [4.78, 5) is 2.44. The topological polar surface area (TPSA) is 21.3 Å². The van der Waals surface area contributed by atoms with E-state index < -0.39 is 0 Å². The highest BCUT2D eigenvalue weighted by atomic mass is 16.3. The number of hydrogen-bond acceptors (Lipinski definition) is 2. The third kappa shape index (κ3) is 5.74. The zero-order valence-corrected chi connectivity index (χ0v) is 33.2. The minimum atomic E-state index is 0.875. The fourth-order valence-electron chi connectivity index (χ4n) is 9.42. The van der Waals surface area contributed by atoms with Crippen LogP contribution in [0.4, 0.5) is 17.1 Å². The number of anilines is 3. The zero-order valence-electron chi connectivity index (χ0n) is 33.2. The van der Waals surface area contributed by atoms with Crippen molar-refractivity contribution in [2.75, 3.05) is 4.90 Å². The van der Waals surface area contributed by atoms with Gasteiger partial charge in [-0.1, -0.05) is 170 Å². The van der Waals surface area contributed by atoms with E-state index in [1.54, 1.807) is 0 Å². The lowest BCUT2D eigenvalue weighted by Gasteiger charge is -2.30. The summed E-state index contributed by atoms with van der Waals surface area (Å²) in [6.07, 6.45) is 0. The summed E-state index contributed by atoms with van der Waals surface area (Å²) in [5.41, 5.74) is 15.4. The summed E-state index contributed by atoms with van der Waals surface area (Å²) in [7, 11) is 0. The second kappa shape index (κ2) is 14.3. The van der Waals surface area contributed by atoms with Crippen LogP contribution >= 0.6 is 0 Å². The molecule has 0 saturated heterocycles. The van der Waals surface area contributed by atoms with Crippen LogP contribution in [0.5, 0.6) is 0 Å². The lowest BCUT2D eigenvalue weighted by Crippen LogP contribution is -2.12. The Labute approximate surface area is 353 Å². The van der Waals surface area contributed by atoms with Crippen molar-refractivity contribution in [2.45, 2.75) is 0 Å². The molecule has 0 unspecified atom stereocenters. The van der Waals surface area contributed by atoms with Gasteiger partial charge in [-0.3, -0.25) is 0 Å². The summed E-state index contributed by atoms with van der Waals surface area (Å²) in [6, 6.07) is 82.9. The molecule has 0 spiro atoms. The summed E-state index contributed by atoms with van der Waals surface area (Å²) in [5.74, 6) is 0. The quantitative estimate of drug-likeness (QED) is 0.161. The molecule has 0 aliphatic carbocycles. The van der Waals surface area contributed by atoms with Gasteiger partial charge >= 0.3 is 0 Å². The average molecular weight is 779 g/mol. The first-order valence-corrected chi connectivity index (χ1v) is 20.8. The highest BCUT2D eigenvalue weighted by Gasteiger charge is 2.23. The molecule has 12 rings (SSSR count). The van der Waals surface area contributed by atoms with E-state index in [2.05, 4.69) is 240 Å². The lowest BCUT2D eigenvalue weighted by molar-refractivity contribution is 0.673. The number of para-hydroxylation sites is 4. The largest absolute Gasteiger partial charge is 0.455 e. The molecule has 2 aromatic heterocycles. The summed E-state index contributed by atoms with van der Waals surface area (Å²) in [6.45, 7) is 0. The van der Waals surface area contributed by atoms with Crippen LogP contribution in [0, 0.1) is 0 Å². The van der Waals surface area contributed by atoms with Crippen LogP contribution in [0.1, 0.15) is 0 Å². The highest BCUT2D eigenvalue weighted by molar-refractivity contribution is 6.20. The number of furan rings is 1. The lowest BCUT2D eigenvalue weighted by atomic mass is 9.95. The van der Waals surface area contributed by atoms with Gasteiger partial charge in [-0.2, -0.15) is 0 Å². The van der Waals surface area contributed by atoms with E-state index in [9.17, 15) is 0 Å². The Morgan fingerprint density at radius 2 is 0.951 bits per heavy atom. The molecule has 0 aliphatic heterocycles. The molecule has 0 saturated carbocycles. The molecule has 0 N–H and O–H groups in total. The minimum Gasteiger partial charge on any atom is -0.455 e. The van der Waals surface area contributed by atoms with Crippen LogP contribution in [0.15, 0.2) is 235 Å². The van der Waals surface area contributed by atoms with Crippen molar-refractivity contribution in [1.29, 1.82) is 0 Å². The van der Waals surface area contributed by atoms with E-state index >= 15 is 0 Å². The van der Waals surface area contributed by atoms with Crippen molar-refractivity contribution >= 4 is 71.6 Å². The van der Waals surface area contributed by atoms with E-state index in [0.29, 0.717) is 0 Å². The number of nitrogens with zero attached hydrogens (tertiary/aromatic N) is 2. The second-order valence-electron chi connectivity index (χ2n) is 15.6. The zero-order chi connectivity index (χ0) is 40.3. The molecule has 0 fully saturated rings. The van der Waals surface area contributed by atoms with Crippen molar-refractivity contribution in [2.24, 2.45) is 0 Å². The van der Waals surface area contributed by atoms with E-state index in [1.807, 2.05) is 0 Å². The third-order valence-corrected chi connectivity index (χ3v) is 12.2. The van der Waals surface area contributed by atoms with Gasteiger partial charge in [-0.05, 0) is 88.3 Å². The van der Waals surface area contributed by atoms with Crippen LogP contribution in [0.2, 0.25) is 0 Å². The second-order valence-corrected chi connectivity index (χ2v) is 15.6. The molecule has 0 bridgehead atoms. The van der Waals surface area contributed by atoms with Crippen molar-refractivity contribution in [3.8, 4) is 39.1 Å². The molecule has 10 aromatic carbocycles. The number of hydrogen-bond donors (Lipinski definition) is 0. The molecule has 0 aliphatic rings. The molecule has 0 atom stereocenters. The maximum absolute atomic E-state index is 6.71. The van der Waals surface area contributed by atoms with Gasteiger partial charge in [0.1, 0.15) is 11.2 Å². The van der Waals surface area contributed by atoms with Gasteiger partial charge in [0, 0.05) is 49.4 Å². The van der Waals surface area contributed by atoms with Crippen LogP contribution < -0.4 is 4.90 Å². The van der Waals surface area contributed by atoms with Crippen molar-refractivity contribution in [1.82, 2.24) is 4.57 Å². The third-order valence-electron chi connectivity index (χ3n) is 12.2. The fraction of sp³-hybridized carbons (Fsp3) is 0. The monoisotopic (exact) mass is 778 g/mol. The number of fused-ring (bicyclic) bond motifs is 8. The van der Waals surface area contributed by atoms with Gasteiger partial charge < -0.3 is 13.9 Å². The fourth-order valence-corrected chi connectivity index (χ4v) is 9.42. The Balaban J connectivity index is 1.09. The number of aromatic nitrogens is 1. The Hall–Kier alpha value is -8.14. The molecule has 2 heterocycles. The number of benzene rings is 10. The first kappa shape index (κ1) is 34.9. The van der Waals surface area contributed by atoms with Gasteiger partial charge in [0.25, 0.3) is 0 Å². The summed E-state index contributed by atoms with van der Waals surface area (Å²) < 4.78 is 9.11. The summed E-state index contributed by atoms with van der Waals surface area (Å²) in [5, 5.41) is 6.98. The van der Waals surface area contributed by atoms with Gasteiger partial charge in [-0.15, -0.1) is 0 Å².